The van der Waals surface area contributed by atoms with E-state index in [2.05, 4.69) is 46.6 Å². The maximum atomic E-state index is 6.72. The van der Waals surface area contributed by atoms with E-state index in [1.54, 1.807) is 27.7 Å². The average molecular weight is 483 g/mol. The third-order valence-corrected chi connectivity index (χ3v) is 6.71. The molecule has 0 spiro atoms. The molecule has 36 heavy (non-hydrogen) atoms. The third-order valence-electron chi connectivity index (χ3n) is 6.71. The lowest BCUT2D eigenvalue weighted by atomic mass is 9.84. The monoisotopic (exact) mass is 482 g/mol. The fourth-order valence-corrected chi connectivity index (χ4v) is 4.98. The van der Waals surface area contributed by atoms with Crippen LogP contribution in [-0.4, -0.2) is 36.1 Å². The fourth-order valence-electron chi connectivity index (χ4n) is 4.98. The van der Waals surface area contributed by atoms with Crippen molar-refractivity contribution in [1.29, 1.82) is 0 Å². The Morgan fingerprint density at radius 3 is 2.39 bits per heavy atom. The molecule has 0 amide bonds. The molecule has 0 aliphatic carbocycles. The van der Waals surface area contributed by atoms with Gasteiger partial charge in [0, 0.05) is 16.7 Å². The van der Waals surface area contributed by atoms with E-state index >= 15 is 0 Å². The maximum Gasteiger partial charge on any atom is 0.226 e. The number of aromatic nitrogens is 3. The molecule has 2 atom stereocenters. The molecule has 0 bridgehead atoms. The SMILES string of the molecule is COc1ccc([C@H]2C3=C(Nc4ncnn42)c2cc(C)ccc2O[C@@H]3c2ccc(OC)c(OC)c2)cc1. The van der Waals surface area contributed by atoms with Crippen LogP contribution in [0.2, 0.25) is 0 Å². The van der Waals surface area contributed by atoms with Crippen molar-refractivity contribution in [3.8, 4) is 23.0 Å². The predicted octanol–water partition coefficient (Wildman–Crippen LogP) is 5.17. The Bertz CT molecular complexity index is 1480. The zero-order valence-electron chi connectivity index (χ0n) is 20.5. The van der Waals surface area contributed by atoms with E-state index < -0.39 is 6.10 Å². The van der Waals surface area contributed by atoms with Gasteiger partial charge in [-0.1, -0.05) is 29.8 Å². The first-order chi connectivity index (χ1) is 17.6. The fraction of sp³-hybridized carbons (Fsp3) is 0.214. The summed E-state index contributed by atoms with van der Waals surface area (Å²) in [6, 6.07) is 19.9. The molecule has 182 valence electrons. The minimum atomic E-state index is -0.410. The van der Waals surface area contributed by atoms with E-state index in [9.17, 15) is 0 Å². The van der Waals surface area contributed by atoms with E-state index in [4.69, 9.17) is 18.9 Å². The first kappa shape index (κ1) is 22.0. The highest BCUT2D eigenvalue weighted by atomic mass is 16.5. The van der Waals surface area contributed by atoms with Crippen molar-refractivity contribution < 1.29 is 18.9 Å². The molecule has 4 aromatic rings. The van der Waals surface area contributed by atoms with E-state index in [1.165, 1.54) is 0 Å². The zero-order valence-corrected chi connectivity index (χ0v) is 20.5. The lowest BCUT2D eigenvalue weighted by molar-refractivity contribution is 0.222. The van der Waals surface area contributed by atoms with Crippen molar-refractivity contribution in [3.05, 3.63) is 94.8 Å². The van der Waals surface area contributed by atoms with Crippen molar-refractivity contribution in [2.45, 2.75) is 19.1 Å². The summed E-state index contributed by atoms with van der Waals surface area (Å²) in [5.74, 6) is 3.57. The number of hydrogen-bond acceptors (Lipinski definition) is 7. The van der Waals surface area contributed by atoms with Crippen molar-refractivity contribution in [2.75, 3.05) is 26.6 Å². The number of nitrogens with one attached hydrogen (secondary N) is 1. The first-order valence-electron chi connectivity index (χ1n) is 11.7. The smallest absolute Gasteiger partial charge is 0.226 e. The molecule has 0 radical (unpaired) electrons. The van der Waals surface area contributed by atoms with Crippen LogP contribution in [0.4, 0.5) is 5.95 Å². The van der Waals surface area contributed by atoms with E-state index in [-0.39, 0.29) is 6.04 Å². The van der Waals surface area contributed by atoms with Gasteiger partial charge in [0.15, 0.2) is 11.5 Å². The largest absolute Gasteiger partial charge is 0.497 e. The average Bonchev–Trinajstić information content (AvgIpc) is 3.39. The van der Waals surface area contributed by atoms with Crippen LogP contribution in [0.15, 0.2) is 72.6 Å². The molecule has 1 N–H and O–H groups in total. The van der Waals surface area contributed by atoms with Crippen molar-refractivity contribution in [3.63, 3.8) is 0 Å². The summed E-state index contributed by atoms with van der Waals surface area (Å²) >= 11 is 0. The second kappa shape index (κ2) is 8.64. The van der Waals surface area contributed by atoms with Gasteiger partial charge in [-0.15, -0.1) is 0 Å². The molecule has 0 unspecified atom stereocenters. The molecule has 0 saturated heterocycles. The highest BCUT2D eigenvalue weighted by Crippen LogP contribution is 2.51. The second-order valence-electron chi connectivity index (χ2n) is 8.77. The van der Waals surface area contributed by atoms with Gasteiger partial charge in [-0.2, -0.15) is 10.1 Å². The first-order valence-corrected chi connectivity index (χ1v) is 11.7. The summed E-state index contributed by atoms with van der Waals surface area (Å²) in [6.07, 6.45) is 1.16. The lowest BCUT2D eigenvalue weighted by Crippen LogP contribution is -2.32. The summed E-state index contributed by atoms with van der Waals surface area (Å²) in [5, 5.41) is 8.13. The minimum absolute atomic E-state index is 0.253. The highest BCUT2D eigenvalue weighted by Gasteiger charge is 2.41. The van der Waals surface area contributed by atoms with Crippen LogP contribution in [0.25, 0.3) is 5.70 Å². The predicted molar refractivity (Wildman–Crippen MR) is 136 cm³/mol. The number of hydrogen-bond donors (Lipinski definition) is 1. The number of ether oxygens (including phenoxy) is 4. The summed E-state index contributed by atoms with van der Waals surface area (Å²) < 4.78 is 25.1. The summed E-state index contributed by atoms with van der Waals surface area (Å²) in [6.45, 7) is 2.08. The topological polar surface area (TPSA) is 79.7 Å². The van der Waals surface area contributed by atoms with Gasteiger partial charge in [0.25, 0.3) is 0 Å². The number of aryl methyl sites for hydroxylation is 1. The number of anilines is 1. The summed E-state index contributed by atoms with van der Waals surface area (Å²) in [7, 11) is 4.93. The second-order valence-corrected chi connectivity index (χ2v) is 8.77. The number of fused-ring (bicyclic) bond motifs is 3. The molecule has 8 heteroatoms. The van der Waals surface area contributed by atoms with Gasteiger partial charge in [-0.3, -0.25) is 0 Å². The number of methoxy groups -OCH3 is 3. The number of nitrogens with zero attached hydrogens (tertiary/aromatic N) is 3. The molecule has 3 aromatic carbocycles. The minimum Gasteiger partial charge on any atom is -0.497 e. The summed E-state index contributed by atoms with van der Waals surface area (Å²) in [4.78, 5) is 4.50. The third kappa shape index (κ3) is 3.45. The number of benzene rings is 3. The van der Waals surface area contributed by atoms with Crippen LogP contribution < -0.4 is 24.3 Å². The van der Waals surface area contributed by atoms with Crippen LogP contribution in [-0.2, 0) is 0 Å². The molecular weight excluding hydrogens is 456 g/mol. The Morgan fingerprint density at radius 1 is 0.861 bits per heavy atom. The Hall–Kier alpha value is -4.46. The highest BCUT2D eigenvalue weighted by molar-refractivity contribution is 5.85. The number of rotatable bonds is 5. The maximum absolute atomic E-state index is 6.72. The van der Waals surface area contributed by atoms with Gasteiger partial charge >= 0.3 is 0 Å². The molecule has 8 nitrogen and oxygen atoms in total. The molecule has 6 rings (SSSR count). The lowest BCUT2D eigenvalue weighted by Gasteiger charge is -2.39. The molecule has 0 saturated carbocycles. The Balaban J connectivity index is 1.60. The van der Waals surface area contributed by atoms with Crippen molar-refractivity contribution >= 4 is 11.6 Å². The molecule has 2 aliphatic rings. The van der Waals surface area contributed by atoms with Gasteiger partial charge in [-0.25, -0.2) is 4.68 Å². The van der Waals surface area contributed by atoms with Crippen molar-refractivity contribution in [2.24, 2.45) is 0 Å². The van der Waals surface area contributed by atoms with Gasteiger partial charge < -0.3 is 24.3 Å². The van der Waals surface area contributed by atoms with E-state index in [0.717, 1.165) is 45.0 Å². The van der Waals surface area contributed by atoms with E-state index in [1.807, 2.05) is 41.1 Å². The van der Waals surface area contributed by atoms with Crippen LogP contribution in [0.1, 0.15) is 34.4 Å². The van der Waals surface area contributed by atoms with Gasteiger partial charge in [0.2, 0.25) is 5.95 Å². The zero-order chi connectivity index (χ0) is 24.8. The van der Waals surface area contributed by atoms with Crippen molar-refractivity contribution in [1.82, 2.24) is 14.8 Å². The molecule has 2 aliphatic heterocycles. The van der Waals surface area contributed by atoms with Crippen LogP contribution in [0.3, 0.4) is 0 Å². The quantitative estimate of drug-likeness (QED) is 0.420. The van der Waals surface area contributed by atoms with E-state index in [0.29, 0.717) is 17.4 Å². The normalized spacial score (nSPS) is 17.8. The molecular formula is C28H26N4O4. The van der Waals surface area contributed by atoms with Crippen LogP contribution >= 0.6 is 0 Å². The van der Waals surface area contributed by atoms with Crippen LogP contribution in [0.5, 0.6) is 23.0 Å². The standard InChI is InChI=1S/C28H26N4O4/c1-16-5-11-21-20(13-16)25-24(27(36-21)18-8-12-22(34-3)23(14-18)35-4)26(32-28(31-25)29-15-30-32)17-6-9-19(33-2)10-7-17/h5-15,26-27H,1-4H3,(H,29,30,31)/t26-,27+/m0/s1. The Labute approximate surface area is 209 Å². The van der Waals surface area contributed by atoms with Crippen LogP contribution in [0, 0.1) is 6.92 Å². The van der Waals surface area contributed by atoms with Gasteiger partial charge in [0.05, 0.1) is 27.0 Å². The molecule has 0 fully saturated rings. The van der Waals surface area contributed by atoms with Gasteiger partial charge in [-0.05, 0) is 48.9 Å². The van der Waals surface area contributed by atoms with Gasteiger partial charge in [0.1, 0.15) is 30.0 Å². The summed E-state index contributed by atoms with van der Waals surface area (Å²) in [5.41, 5.74) is 6.12. The molecule has 3 heterocycles. The Kier molecular flexibility index (Phi) is 5.29. The molecule has 1 aromatic heterocycles. The Morgan fingerprint density at radius 2 is 1.64 bits per heavy atom.